The summed E-state index contributed by atoms with van der Waals surface area (Å²) < 4.78 is 0. The van der Waals surface area contributed by atoms with Crippen molar-refractivity contribution in [3.8, 4) is 0 Å². The van der Waals surface area contributed by atoms with Crippen LogP contribution < -0.4 is 5.73 Å². The van der Waals surface area contributed by atoms with Gasteiger partial charge in [-0.15, -0.1) is 0 Å². The summed E-state index contributed by atoms with van der Waals surface area (Å²) in [6, 6.07) is 4.24. The Morgan fingerprint density at radius 2 is 2.15 bits per heavy atom. The minimum atomic E-state index is 0.845. The molecule has 0 bridgehead atoms. The topological polar surface area (TPSA) is 29.3 Å². The zero-order valence-electron chi connectivity index (χ0n) is 12.9. The summed E-state index contributed by atoms with van der Waals surface area (Å²) in [5.41, 5.74) is 11.8. The van der Waals surface area contributed by atoms with Gasteiger partial charge in [0.1, 0.15) is 0 Å². The molecule has 0 amide bonds. The van der Waals surface area contributed by atoms with Gasteiger partial charge in [0, 0.05) is 25.3 Å². The van der Waals surface area contributed by atoms with Crippen LogP contribution in [0.2, 0.25) is 0 Å². The Balaban J connectivity index is 2.23. The number of anilines is 1. The second-order valence-electron chi connectivity index (χ2n) is 5.92. The van der Waals surface area contributed by atoms with Crippen LogP contribution in [0.15, 0.2) is 24.8 Å². The molecule has 1 heterocycles. The summed E-state index contributed by atoms with van der Waals surface area (Å²) in [7, 11) is 0. The highest BCUT2D eigenvalue weighted by Crippen LogP contribution is 2.29. The number of nitrogen functional groups attached to an aromatic ring is 1. The largest absolute Gasteiger partial charge is 0.398 e. The zero-order chi connectivity index (χ0) is 14.7. The molecule has 0 fully saturated rings. The Labute approximate surface area is 123 Å². The Morgan fingerprint density at radius 1 is 1.40 bits per heavy atom. The minimum Gasteiger partial charge on any atom is -0.398 e. The third-order valence-electron chi connectivity index (χ3n) is 3.84. The molecule has 0 saturated heterocycles. The predicted molar refractivity (Wildman–Crippen MR) is 89.3 cm³/mol. The molecule has 0 aliphatic carbocycles. The fourth-order valence-electron chi connectivity index (χ4n) is 2.74. The molecule has 20 heavy (non-hydrogen) atoms. The first kappa shape index (κ1) is 14.9. The average Bonchev–Trinajstić information content (AvgIpc) is 2.41. The summed E-state index contributed by atoms with van der Waals surface area (Å²) in [6.45, 7) is 13.6. The van der Waals surface area contributed by atoms with Gasteiger partial charge in [-0.1, -0.05) is 32.6 Å². The molecular weight excluding hydrogens is 244 g/mol. The van der Waals surface area contributed by atoms with Crippen molar-refractivity contribution in [3.05, 3.63) is 47.4 Å². The molecule has 107 valence electrons. The fourth-order valence-corrected chi connectivity index (χ4v) is 2.74. The minimum absolute atomic E-state index is 0.845. The third kappa shape index (κ3) is 3.31. The highest BCUT2D eigenvalue weighted by molar-refractivity contribution is 5.77. The van der Waals surface area contributed by atoms with Gasteiger partial charge in [0.05, 0.1) is 0 Å². The van der Waals surface area contributed by atoms with E-state index < -0.39 is 0 Å². The van der Waals surface area contributed by atoms with Crippen LogP contribution in [0.5, 0.6) is 0 Å². The van der Waals surface area contributed by atoms with Crippen LogP contribution in [-0.2, 0) is 0 Å². The van der Waals surface area contributed by atoms with Gasteiger partial charge in [0.15, 0.2) is 0 Å². The summed E-state index contributed by atoms with van der Waals surface area (Å²) >= 11 is 0. The second-order valence-corrected chi connectivity index (χ2v) is 5.92. The van der Waals surface area contributed by atoms with Crippen molar-refractivity contribution in [2.75, 3.05) is 25.4 Å². The molecule has 0 spiro atoms. The quantitative estimate of drug-likeness (QED) is 0.839. The number of nitrogens with two attached hydrogens (primary N) is 1. The maximum atomic E-state index is 5.99. The van der Waals surface area contributed by atoms with E-state index in [-0.39, 0.29) is 0 Å². The van der Waals surface area contributed by atoms with Crippen LogP contribution >= 0.6 is 0 Å². The van der Waals surface area contributed by atoms with Crippen LogP contribution in [0, 0.1) is 12.8 Å². The molecule has 0 aromatic heterocycles. The first-order valence-electron chi connectivity index (χ1n) is 7.24. The molecule has 0 saturated carbocycles. The lowest BCUT2D eigenvalue weighted by Crippen LogP contribution is -2.31. The van der Waals surface area contributed by atoms with Gasteiger partial charge >= 0.3 is 0 Å². The molecule has 1 aromatic carbocycles. The number of aryl methyl sites for hydroxylation is 1. The van der Waals surface area contributed by atoms with E-state index in [1.54, 1.807) is 0 Å². The SMILES string of the molecule is C=Cc1cc(N)c(C)cc1C1=CCN(C[C](C)C)CC1. The number of nitrogens with zero attached hydrogens (tertiary/aromatic N) is 1. The lowest BCUT2D eigenvalue weighted by atomic mass is 9.92. The summed E-state index contributed by atoms with van der Waals surface area (Å²) in [5.74, 6) is 1.47. The molecule has 1 aliphatic heterocycles. The highest BCUT2D eigenvalue weighted by Gasteiger charge is 2.16. The van der Waals surface area contributed by atoms with Crippen molar-refractivity contribution in [3.63, 3.8) is 0 Å². The number of rotatable bonds is 4. The van der Waals surface area contributed by atoms with E-state index in [0.29, 0.717) is 0 Å². The van der Waals surface area contributed by atoms with Crippen molar-refractivity contribution in [2.45, 2.75) is 27.2 Å². The molecule has 1 radical (unpaired) electrons. The standard InChI is InChI=1S/C18H25N2/c1-5-15-11-18(19)14(4)10-17(15)16-6-8-20(9-7-16)12-13(2)3/h5-6,10-11H,1,7-9,12,19H2,2-4H3. The normalized spacial score (nSPS) is 16.3. The molecule has 2 rings (SSSR count). The van der Waals surface area contributed by atoms with E-state index in [0.717, 1.165) is 42.9 Å². The van der Waals surface area contributed by atoms with Crippen LogP contribution in [0.4, 0.5) is 5.69 Å². The van der Waals surface area contributed by atoms with Crippen LogP contribution in [0.3, 0.4) is 0 Å². The van der Waals surface area contributed by atoms with Crippen LogP contribution in [0.25, 0.3) is 11.6 Å². The lowest BCUT2D eigenvalue weighted by molar-refractivity contribution is 0.313. The van der Waals surface area contributed by atoms with E-state index in [9.17, 15) is 0 Å². The molecule has 1 aromatic rings. The molecule has 2 nitrogen and oxygen atoms in total. The molecule has 0 atom stereocenters. The van der Waals surface area contributed by atoms with Crippen molar-refractivity contribution in [1.82, 2.24) is 4.90 Å². The Kier molecular flexibility index (Phi) is 4.66. The predicted octanol–water partition coefficient (Wildman–Crippen LogP) is 3.92. The smallest absolute Gasteiger partial charge is 0.0350 e. The van der Waals surface area contributed by atoms with Crippen molar-refractivity contribution in [1.29, 1.82) is 0 Å². The van der Waals surface area contributed by atoms with Crippen molar-refractivity contribution >= 4 is 17.3 Å². The summed E-state index contributed by atoms with van der Waals surface area (Å²) in [6.07, 6.45) is 5.35. The van der Waals surface area contributed by atoms with E-state index in [4.69, 9.17) is 5.73 Å². The second kappa shape index (κ2) is 6.27. The molecule has 0 unspecified atom stereocenters. The summed E-state index contributed by atoms with van der Waals surface area (Å²) in [5, 5.41) is 0. The Bertz CT molecular complexity index is 526. The van der Waals surface area contributed by atoms with Crippen molar-refractivity contribution in [2.24, 2.45) is 0 Å². The van der Waals surface area contributed by atoms with Crippen molar-refractivity contribution < 1.29 is 0 Å². The molecular formula is C18H25N2. The first-order valence-corrected chi connectivity index (χ1v) is 7.24. The van der Waals surface area contributed by atoms with Gasteiger partial charge in [-0.3, -0.25) is 4.90 Å². The van der Waals surface area contributed by atoms with Gasteiger partial charge in [0.25, 0.3) is 0 Å². The van der Waals surface area contributed by atoms with Gasteiger partial charge < -0.3 is 5.73 Å². The van der Waals surface area contributed by atoms with E-state index in [1.165, 1.54) is 17.1 Å². The van der Waals surface area contributed by atoms with Gasteiger partial charge in [-0.2, -0.15) is 0 Å². The van der Waals surface area contributed by atoms with Gasteiger partial charge in [-0.05, 0) is 53.7 Å². The van der Waals surface area contributed by atoms with Crippen LogP contribution in [-0.4, -0.2) is 24.5 Å². The van der Waals surface area contributed by atoms with E-state index in [2.05, 4.69) is 44.4 Å². The zero-order valence-corrected chi connectivity index (χ0v) is 12.9. The Hall–Kier alpha value is -1.54. The van der Waals surface area contributed by atoms with Gasteiger partial charge in [-0.25, -0.2) is 0 Å². The fraction of sp³-hybridized carbons (Fsp3) is 0.389. The maximum absolute atomic E-state index is 5.99. The molecule has 2 heteroatoms. The number of hydrogen-bond donors (Lipinski definition) is 1. The molecule has 1 aliphatic rings. The number of benzene rings is 1. The lowest BCUT2D eigenvalue weighted by Gasteiger charge is -2.28. The first-order chi connectivity index (χ1) is 9.51. The third-order valence-corrected chi connectivity index (χ3v) is 3.84. The van der Waals surface area contributed by atoms with Crippen LogP contribution in [0.1, 0.15) is 37.0 Å². The van der Waals surface area contributed by atoms with Gasteiger partial charge in [0.2, 0.25) is 0 Å². The maximum Gasteiger partial charge on any atom is 0.0350 e. The van der Waals surface area contributed by atoms with E-state index in [1.807, 2.05) is 12.1 Å². The monoisotopic (exact) mass is 269 g/mol. The number of hydrogen-bond acceptors (Lipinski definition) is 2. The van der Waals surface area contributed by atoms with E-state index >= 15 is 0 Å². The highest BCUT2D eigenvalue weighted by atomic mass is 15.1. The summed E-state index contributed by atoms with van der Waals surface area (Å²) in [4.78, 5) is 2.48. The Morgan fingerprint density at radius 3 is 2.70 bits per heavy atom. The molecule has 2 N–H and O–H groups in total. The average molecular weight is 269 g/mol.